The minimum Gasteiger partial charge on any atom is -0.488 e. The van der Waals surface area contributed by atoms with Gasteiger partial charge in [0.1, 0.15) is 23.9 Å². The minimum absolute atomic E-state index is 0.166. The van der Waals surface area contributed by atoms with Gasteiger partial charge in [0, 0.05) is 24.1 Å². The van der Waals surface area contributed by atoms with Crippen molar-refractivity contribution in [1.29, 1.82) is 0 Å². The molecule has 0 unspecified atom stereocenters. The highest BCUT2D eigenvalue weighted by Gasteiger charge is 2.42. The number of likely N-dealkylation sites (tertiary alicyclic amines) is 1. The van der Waals surface area contributed by atoms with Crippen molar-refractivity contribution in [2.24, 2.45) is 5.73 Å². The van der Waals surface area contributed by atoms with Crippen LogP contribution in [-0.2, 0) is 16.0 Å². The van der Waals surface area contributed by atoms with Crippen molar-refractivity contribution in [3.8, 4) is 16.9 Å². The van der Waals surface area contributed by atoms with Gasteiger partial charge in [-0.15, -0.1) is 0 Å². The van der Waals surface area contributed by atoms with Gasteiger partial charge in [-0.2, -0.15) is 0 Å². The number of nitrogens with one attached hydrogen (secondary N) is 1. The Labute approximate surface area is 238 Å². The molecule has 0 radical (unpaired) electrons. The molecule has 208 valence electrons. The molecule has 3 atom stereocenters. The molecule has 4 aromatic rings. The second-order valence-corrected chi connectivity index (χ2v) is 10.1. The summed E-state index contributed by atoms with van der Waals surface area (Å²) in [6.07, 6.45) is 0.0560. The number of benzene rings is 4. The van der Waals surface area contributed by atoms with Crippen LogP contribution in [0.4, 0.5) is 5.69 Å². The molecule has 0 bridgehead atoms. The first-order valence-electron chi connectivity index (χ1n) is 13.5. The topological polar surface area (TPSA) is 128 Å². The highest BCUT2D eigenvalue weighted by molar-refractivity contribution is 5.99. The number of nitrogen functional groups attached to an aromatic ring is 1. The Balaban J connectivity index is 1.39. The average Bonchev–Trinajstić information content (AvgIpc) is 3.42. The fourth-order valence-corrected chi connectivity index (χ4v) is 5.11. The van der Waals surface area contributed by atoms with E-state index in [0.717, 1.165) is 16.7 Å². The monoisotopic (exact) mass is 548 g/mol. The van der Waals surface area contributed by atoms with E-state index >= 15 is 0 Å². The van der Waals surface area contributed by atoms with Crippen molar-refractivity contribution in [1.82, 2.24) is 10.2 Å². The number of nitrogens with zero attached hydrogens (tertiary/aromatic N) is 1. The molecule has 5 rings (SSSR count). The van der Waals surface area contributed by atoms with Crippen LogP contribution in [-0.4, -0.2) is 47.4 Å². The van der Waals surface area contributed by atoms with Crippen LogP contribution in [0.5, 0.6) is 5.75 Å². The Morgan fingerprint density at radius 2 is 1.51 bits per heavy atom. The number of para-hydroxylation sites is 1. The third kappa shape index (κ3) is 6.73. The molecular formula is C33H32N4O4. The zero-order valence-corrected chi connectivity index (χ0v) is 22.5. The lowest BCUT2D eigenvalue weighted by molar-refractivity contribution is -0.138. The van der Waals surface area contributed by atoms with E-state index in [2.05, 4.69) is 5.32 Å². The molecule has 0 aliphatic carbocycles. The molecule has 8 nitrogen and oxygen atoms in total. The van der Waals surface area contributed by atoms with Gasteiger partial charge in [-0.1, -0.05) is 78.9 Å². The van der Waals surface area contributed by atoms with Crippen LogP contribution in [0.3, 0.4) is 0 Å². The summed E-state index contributed by atoms with van der Waals surface area (Å²) in [6, 6.07) is 31.8. The van der Waals surface area contributed by atoms with Crippen molar-refractivity contribution < 1.29 is 19.1 Å². The maximum absolute atomic E-state index is 14.0. The molecule has 1 aliphatic heterocycles. The Morgan fingerprint density at radius 1 is 0.854 bits per heavy atom. The SMILES string of the molecule is NC(=O)[C@@H]1C[C@@H](Oc2ccccc2)CN1C(=O)[C@H](Cc1ccc(-c2ccccc2)cc1)NC(=O)c1cccc(N)c1. The predicted octanol–water partition coefficient (Wildman–Crippen LogP) is 3.81. The summed E-state index contributed by atoms with van der Waals surface area (Å²) in [5.41, 5.74) is 15.3. The summed E-state index contributed by atoms with van der Waals surface area (Å²) in [6.45, 7) is 0.166. The molecule has 1 aliphatic rings. The molecule has 0 spiro atoms. The maximum atomic E-state index is 14.0. The second kappa shape index (κ2) is 12.4. The first kappa shape index (κ1) is 27.5. The van der Waals surface area contributed by atoms with Crippen molar-refractivity contribution in [2.75, 3.05) is 12.3 Å². The quantitative estimate of drug-likeness (QED) is 0.274. The predicted molar refractivity (Wildman–Crippen MR) is 158 cm³/mol. The number of hydrogen-bond acceptors (Lipinski definition) is 5. The largest absolute Gasteiger partial charge is 0.488 e. The molecule has 1 fully saturated rings. The van der Waals surface area contributed by atoms with Gasteiger partial charge in [-0.05, 0) is 47.0 Å². The molecule has 0 saturated carbocycles. The number of amides is 3. The van der Waals surface area contributed by atoms with Gasteiger partial charge < -0.3 is 26.4 Å². The van der Waals surface area contributed by atoms with E-state index in [0.29, 0.717) is 17.0 Å². The lowest BCUT2D eigenvalue weighted by Crippen LogP contribution is -2.53. The Bertz CT molecular complexity index is 1510. The van der Waals surface area contributed by atoms with Crippen molar-refractivity contribution in [3.63, 3.8) is 0 Å². The van der Waals surface area contributed by atoms with Crippen LogP contribution >= 0.6 is 0 Å². The van der Waals surface area contributed by atoms with Crippen LogP contribution in [0.1, 0.15) is 22.3 Å². The molecule has 4 aromatic carbocycles. The number of nitrogens with two attached hydrogens (primary N) is 2. The molecule has 1 heterocycles. The number of anilines is 1. The van der Waals surface area contributed by atoms with Crippen molar-refractivity contribution in [3.05, 3.63) is 120 Å². The van der Waals surface area contributed by atoms with E-state index in [9.17, 15) is 14.4 Å². The van der Waals surface area contributed by atoms with Crippen LogP contribution in [0.2, 0.25) is 0 Å². The molecule has 8 heteroatoms. The van der Waals surface area contributed by atoms with Crippen LogP contribution in [0.25, 0.3) is 11.1 Å². The van der Waals surface area contributed by atoms with Gasteiger partial charge >= 0.3 is 0 Å². The number of carbonyl (C=O) groups excluding carboxylic acids is 3. The average molecular weight is 549 g/mol. The lowest BCUT2D eigenvalue weighted by atomic mass is 9.99. The summed E-state index contributed by atoms with van der Waals surface area (Å²) in [5.74, 6) is -0.827. The highest BCUT2D eigenvalue weighted by atomic mass is 16.5. The van der Waals surface area contributed by atoms with E-state index in [1.54, 1.807) is 24.3 Å². The first-order chi connectivity index (χ1) is 19.9. The number of ether oxygens (including phenoxy) is 1. The van der Waals surface area contributed by atoms with E-state index < -0.39 is 35.9 Å². The Kier molecular flexibility index (Phi) is 8.29. The third-order valence-corrected chi connectivity index (χ3v) is 7.17. The molecule has 0 aromatic heterocycles. The van der Waals surface area contributed by atoms with Crippen LogP contribution in [0.15, 0.2) is 109 Å². The maximum Gasteiger partial charge on any atom is 0.252 e. The number of primary amides is 1. The first-order valence-corrected chi connectivity index (χ1v) is 13.5. The van der Waals surface area contributed by atoms with Gasteiger partial charge in [-0.3, -0.25) is 14.4 Å². The normalized spacial score (nSPS) is 17.0. The number of hydrogen-bond donors (Lipinski definition) is 3. The zero-order valence-electron chi connectivity index (χ0n) is 22.5. The summed E-state index contributed by atoms with van der Waals surface area (Å²) < 4.78 is 6.05. The number of carbonyl (C=O) groups is 3. The van der Waals surface area contributed by atoms with E-state index in [1.165, 1.54) is 4.90 Å². The second-order valence-electron chi connectivity index (χ2n) is 10.1. The smallest absolute Gasteiger partial charge is 0.252 e. The molecule has 3 amide bonds. The Morgan fingerprint density at radius 3 is 2.17 bits per heavy atom. The summed E-state index contributed by atoms with van der Waals surface area (Å²) >= 11 is 0. The lowest BCUT2D eigenvalue weighted by Gasteiger charge is -2.28. The van der Waals surface area contributed by atoms with Crippen molar-refractivity contribution >= 4 is 23.4 Å². The summed E-state index contributed by atoms with van der Waals surface area (Å²) in [5, 5.41) is 2.88. The Hall–Kier alpha value is -5.11. The summed E-state index contributed by atoms with van der Waals surface area (Å²) in [4.78, 5) is 41.1. The van der Waals surface area contributed by atoms with Gasteiger partial charge in [-0.25, -0.2) is 0 Å². The van der Waals surface area contributed by atoms with E-state index in [1.807, 2.05) is 84.9 Å². The molecule has 41 heavy (non-hydrogen) atoms. The van der Waals surface area contributed by atoms with Crippen molar-refractivity contribution in [2.45, 2.75) is 31.0 Å². The van der Waals surface area contributed by atoms with Gasteiger partial charge in [0.2, 0.25) is 11.8 Å². The molecular weight excluding hydrogens is 516 g/mol. The third-order valence-electron chi connectivity index (χ3n) is 7.17. The van der Waals surface area contributed by atoms with E-state index in [4.69, 9.17) is 16.2 Å². The number of rotatable bonds is 9. The zero-order chi connectivity index (χ0) is 28.8. The van der Waals surface area contributed by atoms with Gasteiger partial charge in [0.05, 0.1) is 6.54 Å². The highest BCUT2D eigenvalue weighted by Crippen LogP contribution is 2.25. The van der Waals surface area contributed by atoms with E-state index in [-0.39, 0.29) is 19.4 Å². The fourth-order valence-electron chi connectivity index (χ4n) is 5.11. The fraction of sp³-hybridized carbons (Fsp3) is 0.182. The van der Waals surface area contributed by atoms with Crippen LogP contribution in [0, 0.1) is 0 Å². The molecule has 1 saturated heterocycles. The van der Waals surface area contributed by atoms with Gasteiger partial charge in [0.25, 0.3) is 5.91 Å². The van der Waals surface area contributed by atoms with Crippen LogP contribution < -0.4 is 21.5 Å². The minimum atomic E-state index is -0.955. The standard InChI is InChI=1S/C33H32N4O4/c34-26-11-7-10-25(19-26)32(39)36-29(18-22-14-16-24(17-15-22)23-8-3-1-4-9-23)33(40)37-21-28(20-30(37)31(35)38)41-27-12-5-2-6-13-27/h1-17,19,28-30H,18,20-21,34H2,(H2,35,38)(H,36,39)/t28-,29+,30+/m1/s1. The van der Waals surface area contributed by atoms with Gasteiger partial charge in [0.15, 0.2) is 0 Å². The summed E-state index contributed by atoms with van der Waals surface area (Å²) in [7, 11) is 0. The molecule has 5 N–H and O–H groups in total.